The van der Waals surface area contributed by atoms with Crippen molar-refractivity contribution >= 4 is 5.91 Å². The quantitative estimate of drug-likeness (QED) is 0.799. The van der Waals surface area contributed by atoms with Crippen molar-refractivity contribution in [3.05, 3.63) is 11.6 Å². The Bertz CT molecular complexity index is 371. The molecule has 0 saturated heterocycles. The fraction of sp³-hybridized carbons (Fsp3) is 0.769. The molecule has 1 rings (SSSR count). The number of aliphatic hydroxyl groups is 1. The standard InChI is InChI=1S/C13H20F3NO4/c1-20-8-5-17(9-11(18)13(14,15)16)12(19)10-3-2-6-21-7-4-10/h3,11,18H,2,4-9H2,1H3. The summed E-state index contributed by atoms with van der Waals surface area (Å²) < 4.78 is 47.3. The van der Waals surface area contributed by atoms with Gasteiger partial charge in [-0.05, 0) is 6.42 Å². The van der Waals surface area contributed by atoms with E-state index in [4.69, 9.17) is 14.6 Å². The minimum atomic E-state index is -4.76. The Kier molecular flexibility index (Phi) is 7.13. The number of hydrogen-bond acceptors (Lipinski definition) is 4. The van der Waals surface area contributed by atoms with Crippen LogP contribution in [0.3, 0.4) is 0 Å². The third-order valence-corrected chi connectivity index (χ3v) is 3.07. The molecule has 5 nitrogen and oxygen atoms in total. The van der Waals surface area contributed by atoms with Crippen LogP contribution in [-0.4, -0.2) is 68.2 Å². The van der Waals surface area contributed by atoms with E-state index >= 15 is 0 Å². The molecule has 0 bridgehead atoms. The lowest BCUT2D eigenvalue weighted by Gasteiger charge is -2.27. The molecule has 0 aliphatic carbocycles. The molecular weight excluding hydrogens is 291 g/mol. The van der Waals surface area contributed by atoms with E-state index in [1.165, 1.54) is 7.11 Å². The van der Waals surface area contributed by atoms with Gasteiger partial charge in [-0.25, -0.2) is 0 Å². The molecule has 8 heteroatoms. The van der Waals surface area contributed by atoms with Gasteiger partial charge in [-0.2, -0.15) is 13.2 Å². The summed E-state index contributed by atoms with van der Waals surface area (Å²) in [6.07, 6.45) is -4.76. The van der Waals surface area contributed by atoms with Gasteiger partial charge in [0, 0.05) is 25.6 Å². The highest BCUT2D eigenvalue weighted by Gasteiger charge is 2.40. The van der Waals surface area contributed by atoms with Gasteiger partial charge >= 0.3 is 6.18 Å². The maximum Gasteiger partial charge on any atom is 0.416 e. The lowest BCUT2D eigenvalue weighted by atomic mass is 10.1. The normalized spacial score (nSPS) is 17.9. The van der Waals surface area contributed by atoms with Gasteiger partial charge in [-0.15, -0.1) is 0 Å². The molecule has 1 atom stereocenters. The topological polar surface area (TPSA) is 59.0 Å². The first-order valence-electron chi connectivity index (χ1n) is 6.66. The molecule has 0 aromatic rings. The zero-order valence-electron chi connectivity index (χ0n) is 11.9. The van der Waals surface area contributed by atoms with Crippen molar-refractivity contribution in [2.75, 3.05) is 40.0 Å². The molecule has 1 heterocycles. The van der Waals surface area contributed by atoms with Crippen molar-refractivity contribution in [1.29, 1.82) is 0 Å². The van der Waals surface area contributed by atoms with Crippen LogP contribution in [-0.2, 0) is 14.3 Å². The van der Waals surface area contributed by atoms with Crippen LogP contribution in [0.5, 0.6) is 0 Å². The molecule has 0 radical (unpaired) electrons. The summed E-state index contributed by atoms with van der Waals surface area (Å²) in [5.74, 6) is -0.513. The van der Waals surface area contributed by atoms with E-state index in [1.54, 1.807) is 6.08 Å². The van der Waals surface area contributed by atoms with Gasteiger partial charge in [0.25, 0.3) is 0 Å². The average molecular weight is 311 g/mol. The van der Waals surface area contributed by atoms with Gasteiger partial charge < -0.3 is 19.5 Å². The monoisotopic (exact) mass is 311 g/mol. The smallest absolute Gasteiger partial charge is 0.383 e. The van der Waals surface area contributed by atoms with Crippen molar-refractivity contribution in [1.82, 2.24) is 4.90 Å². The maximum absolute atomic E-state index is 12.4. The van der Waals surface area contributed by atoms with Crippen molar-refractivity contribution in [2.45, 2.75) is 25.1 Å². The van der Waals surface area contributed by atoms with E-state index in [9.17, 15) is 18.0 Å². The zero-order valence-corrected chi connectivity index (χ0v) is 11.9. The molecule has 21 heavy (non-hydrogen) atoms. The van der Waals surface area contributed by atoms with Gasteiger partial charge in [0.1, 0.15) is 0 Å². The number of rotatable bonds is 6. The molecular formula is C13H20F3NO4. The summed E-state index contributed by atoms with van der Waals surface area (Å²) in [6.45, 7) is 0.127. The highest BCUT2D eigenvalue weighted by atomic mass is 19.4. The third kappa shape index (κ3) is 6.03. The fourth-order valence-corrected chi connectivity index (χ4v) is 1.89. The molecule has 1 aliphatic rings. The molecule has 0 aromatic carbocycles. The summed E-state index contributed by atoms with van der Waals surface area (Å²) in [7, 11) is 1.39. The average Bonchev–Trinajstić information content (AvgIpc) is 2.70. The second-order valence-corrected chi connectivity index (χ2v) is 4.68. The van der Waals surface area contributed by atoms with Crippen LogP contribution in [0, 0.1) is 0 Å². The number of amides is 1. The maximum atomic E-state index is 12.4. The molecule has 1 N–H and O–H groups in total. The van der Waals surface area contributed by atoms with Gasteiger partial charge in [0.15, 0.2) is 6.10 Å². The molecule has 0 aromatic heterocycles. The Morgan fingerprint density at radius 1 is 1.52 bits per heavy atom. The van der Waals surface area contributed by atoms with Crippen LogP contribution in [0.4, 0.5) is 13.2 Å². The molecule has 0 saturated carbocycles. The van der Waals surface area contributed by atoms with Crippen molar-refractivity contribution in [3.63, 3.8) is 0 Å². The summed E-state index contributed by atoms with van der Waals surface area (Å²) in [5, 5.41) is 9.15. The Morgan fingerprint density at radius 2 is 2.24 bits per heavy atom. The molecule has 1 aliphatic heterocycles. The largest absolute Gasteiger partial charge is 0.416 e. The highest BCUT2D eigenvalue weighted by Crippen LogP contribution is 2.22. The number of halogens is 3. The number of methoxy groups -OCH3 is 1. The highest BCUT2D eigenvalue weighted by molar-refractivity contribution is 5.93. The van der Waals surface area contributed by atoms with E-state index in [0.29, 0.717) is 31.6 Å². The Balaban J connectivity index is 2.75. The lowest BCUT2D eigenvalue weighted by molar-refractivity contribution is -0.208. The minimum Gasteiger partial charge on any atom is -0.383 e. The lowest BCUT2D eigenvalue weighted by Crippen LogP contribution is -2.45. The van der Waals surface area contributed by atoms with Crippen molar-refractivity contribution in [2.24, 2.45) is 0 Å². The van der Waals surface area contributed by atoms with Crippen LogP contribution in [0.25, 0.3) is 0 Å². The Morgan fingerprint density at radius 3 is 2.86 bits per heavy atom. The van der Waals surface area contributed by atoms with Crippen LogP contribution in [0.2, 0.25) is 0 Å². The molecule has 1 unspecified atom stereocenters. The third-order valence-electron chi connectivity index (χ3n) is 3.07. The summed E-state index contributed by atoms with van der Waals surface area (Å²) in [5.41, 5.74) is 0.415. The number of aliphatic hydroxyl groups excluding tert-OH is 1. The summed E-state index contributed by atoms with van der Waals surface area (Å²) in [4.78, 5) is 13.3. The molecule has 0 fully saturated rings. The fourth-order valence-electron chi connectivity index (χ4n) is 1.89. The number of hydrogen-bond donors (Lipinski definition) is 1. The number of nitrogens with zero attached hydrogens (tertiary/aromatic N) is 1. The summed E-state index contributed by atoms with van der Waals surface area (Å²) >= 11 is 0. The number of carbonyl (C=O) groups is 1. The number of ether oxygens (including phenoxy) is 2. The van der Waals surface area contributed by atoms with Crippen molar-refractivity contribution < 1.29 is 32.5 Å². The Labute approximate surface area is 121 Å². The first-order chi connectivity index (χ1) is 9.86. The predicted octanol–water partition coefficient (Wildman–Crippen LogP) is 1.12. The summed E-state index contributed by atoms with van der Waals surface area (Å²) in [6, 6.07) is 0. The molecule has 122 valence electrons. The van der Waals surface area contributed by atoms with E-state index in [0.717, 1.165) is 4.90 Å². The second kappa shape index (κ2) is 8.35. The number of alkyl halides is 3. The van der Waals surface area contributed by atoms with E-state index in [2.05, 4.69) is 0 Å². The van der Waals surface area contributed by atoms with Crippen LogP contribution < -0.4 is 0 Å². The Hall–Kier alpha value is -1.12. The van der Waals surface area contributed by atoms with Crippen molar-refractivity contribution in [3.8, 4) is 0 Å². The molecule has 0 spiro atoms. The van der Waals surface area contributed by atoms with Gasteiger partial charge in [0.05, 0.1) is 26.4 Å². The molecule has 1 amide bonds. The number of carbonyl (C=O) groups excluding carboxylic acids is 1. The van der Waals surface area contributed by atoms with Gasteiger partial charge in [-0.1, -0.05) is 6.08 Å². The van der Waals surface area contributed by atoms with Gasteiger partial charge in [0.2, 0.25) is 5.91 Å². The SMILES string of the molecule is COCCN(CC(O)C(F)(F)F)C(=O)C1=CCCOCC1. The van der Waals surface area contributed by atoms with E-state index in [1.807, 2.05) is 0 Å². The minimum absolute atomic E-state index is 0.0132. The first-order valence-corrected chi connectivity index (χ1v) is 6.66. The van der Waals surface area contributed by atoms with Crippen LogP contribution in [0.1, 0.15) is 12.8 Å². The zero-order chi connectivity index (χ0) is 15.9. The van der Waals surface area contributed by atoms with Gasteiger partial charge in [-0.3, -0.25) is 4.79 Å². The van der Waals surface area contributed by atoms with E-state index in [-0.39, 0.29) is 13.2 Å². The van der Waals surface area contributed by atoms with E-state index < -0.39 is 24.7 Å². The van der Waals surface area contributed by atoms with Crippen LogP contribution >= 0.6 is 0 Å². The second-order valence-electron chi connectivity index (χ2n) is 4.68. The first kappa shape index (κ1) is 17.9. The predicted molar refractivity (Wildman–Crippen MR) is 68.7 cm³/mol. The van der Waals surface area contributed by atoms with Crippen LogP contribution in [0.15, 0.2) is 11.6 Å².